The minimum absolute atomic E-state index is 0.498. The quantitative estimate of drug-likeness (QED) is 0.509. The van der Waals surface area contributed by atoms with Gasteiger partial charge in [0.2, 0.25) is 0 Å². The van der Waals surface area contributed by atoms with E-state index in [9.17, 15) is 5.11 Å². The molecule has 0 spiro atoms. The Morgan fingerprint density at radius 3 is 2.79 bits per heavy atom. The van der Waals surface area contributed by atoms with Gasteiger partial charge in [-0.2, -0.15) is 0 Å². The average molecular weight is 377 g/mol. The Morgan fingerprint density at radius 2 is 1.96 bits per heavy atom. The summed E-state index contributed by atoms with van der Waals surface area (Å²) in [5, 5.41) is 15.1. The fourth-order valence-corrected chi connectivity index (χ4v) is 3.74. The second kappa shape index (κ2) is 7.78. The van der Waals surface area contributed by atoms with Crippen LogP contribution in [0.15, 0.2) is 47.1 Å². The lowest BCUT2D eigenvalue weighted by Crippen LogP contribution is -2.30. The Labute approximate surface area is 165 Å². The highest BCUT2D eigenvalue weighted by molar-refractivity contribution is 5.82. The summed E-state index contributed by atoms with van der Waals surface area (Å²) in [4.78, 5) is 4.47. The minimum Gasteiger partial charge on any atom is -0.461 e. The van der Waals surface area contributed by atoms with Crippen molar-refractivity contribution in [1.82, 2.24) is 14.9 Å². The van der Waals surface area contributed by atoms with Crippen LogP contribution in [0.25, 0.3) is 22.0 Å². The van der Waals surface area contributed by atoms with Crippen LogP contribution in [-0.4, -0.2) is 27.3 Å². The first-order valence-electron chi connectivity index (χ1n) is 9.87. The molecule has 0 amide bonds. The molecule has 0 aliphatic carbocycles. The van der Waals surface area contributed by atoms with E-state index in [1.165, 1.54) is 16.7 Å². The van der Waals surface area contributed by atoms with Gasteiger partial charge in [0.05, 0.1) is 30.0 Å². The molecule has 0 aliphatic heterocycles. The molecule has 0 aliphatic rings. The molecule has 0 saturated heterocycles. The predicted octanol–water partition coefficient (Wildman–Crippen LogP) is 4.11. The van der Waals surface area contributed by atoms with Crippen LogP contribution in [0.1, 0.15) is 29.4 Å². The molecule has 4 rings (SSSR count). The molecular weight excluding hydrogens is 350 g/mol. The van der Waals surface area contributed by atoms with Crippen molar-refractivity contribution < 1.29 is 9.52 Å². The summed E-state index contributed by atoms with van der Waals surface area (Å²) in [6, 6.07) is 12.4. The van der Waals surface area contributed by atoms with Crippen LogP contribution in [0.3, 0.4) is 0 Å². The number of nitrogens with zero attached hydrogens (tertiary/aromatic N) is 2. The normalized spacial score (nSPS) is 12.9. The largest absolute Gasteiger partial charge is 0.461 e. The third-order valence-electron chi connectivity index (χ3n) is 5.43. The number of hydrogen-bond donors (Lipinski definition) is 2. The Bertz CT molecular complexity index is 1110. The van der Waals surface area contributed by atoms with Crippen molar-refractivity contribution in [2.45, 2.75) is 46.4 Å². The zero-order valence-electron chi connectivity index (χ0n) is 16.7. The van der Waals surface area contributed by atoms with Crippen LogP contribution >= 0.6 is 0 Å². The van der Waals surface area contributed by atoms with Crippen molar-refractivity contribution in [3.63, 3.8) is 0 Å². The number of nitrogens with one attached hydrogen (secondary N) is 1. The number of aryl methyl sites for hydroxylation is 3. The number of fused-ring (bicyclic) bond motifs is 2. The van der Waals surface area contributed by atoms with Crippen LogP contribution < -0.4 is 5.32 Å². The second-order valence-electron chi connectivity index (χ2n) is 7.46. The summed E-state index contributed by atoms with van der Waals surface area (Å²) in [6.07, 6.45) is 2.17. The van der Waals surface area contributed by atoms with Crippen LogP contribution in [0.2, 0.25) is 0 Å². The molecule has 0 saturated carbocycles. The van der Waals surface area contributed by atoms with E-state index >= 15 is 0 Å². The number of benzene rings is 2. The molecule has 5 nitrogen and oxygen atoms in total. The topological polar surface area (TPSA) is 63.2 Å². The Kier molecular flexibility index (Phi) is 5.20. The highest BCUT2D eigenvalue weighted by Gasteiger charge is 2.14. The Morgan fingerprint density at radius 1 is 1.18 bits per heavy atom. The number of aliphatic hydroxyl groups excluding tert-OH is 1. The molecule has 0 bridgehead atoms. The fraction of sp³-hybridized carbons (Fsp3) is 0.348. The molecule has 1 atom stereocenters. The zero-order chi connectivity index (χ0) is 19.7. The van der Waals surface area contributed by atoms with Gasteiger partial charge >= 0.3 is 0 Å². The molecule has 2 heterocycles. The van der Waals surface area contributed by atoms with E-state index in [-0.39, 0.29) is 0 Å². The lowest BCUT2D eigenvalue weighted by molar-refractivity contribution is 0.152. The van der Waals surface area contributed by atoms with E-state index < -0.39 is 6.10 Å². The summed E-state index contributed by atoms with van der Waals surface area (Å²) >= 11 is 0. The molecule has 146 valence electrons. The van der Waals surface area contributed by atoms with Gasteiger partial charge in [-0.15, -0.1) is 0 Å². The fourth-order valence-electron chi connectivity index (χ4n) is 3.74. The van der Waals surface area contributed by atoms with Crippen LogP contribution in [0, 0.1) is 13.8 Å². The predicted molar refractivity (Wildman–Crippen MR) is 113 cm³/mol. The van der Waals surface area contributed by atoms with E-state index in [4.69, 9.17) is 4.42 Å². The molecule has 0 fully saturated rings. The molecule has 0 unspecified atom stereocenters. The number of imidazole rings is 1. The Hall–Kier alpha value is -2.63. The maximum absolute atomic E-state index is 10.5. The Balaban J connectivity index is 1.42. The lowest BCUT2D eigenvalue weighted by Gasteiger charge is -2.14. The van der Waals surface area contributed by atoms with Crippen molar-refractivity contribution in [3.05, 3.63) is 65.2 Å². The first-order chi connectivity index (χ1) is 13.6. The van der Waals surface area contributed by atoms with E-state index in [2.05, 4.69) is 49.3 Å². The van der Waals surface area contributed by atoms with Crippen LogP contribution in [0.4, 0.5) is 0 Å². The van der Waals surface area contributed by atoms with Gasteiger partial charge in [0.1, 0.15) is 11.3 Å². The first kappa shape index (κ1) is 18.7. The zero-order valence-corrected chi connectivity index (χ0v) is 16.7. The first-order valence-corrected chi connectivity index (χ1v) is 9.87. The van der Waals surface area contributed by atoms with Gasteiger partial charge in [0, 0.05) is 30.5 Å². The van der Waals surface area contributed by atoms with Crippen molar-refractivity contribution in [2.24, 2.45) is 0 Å². The smallest absolute Gasteiger partial charge is 0.134 e. The summed E-state index contributed by atoms with van der Waals surface area (Å²) in [5.74, 6) is 1.01. The third kappa shape index (κ3) is 3.55. The summed E-state index contributed by atoms with van der Waals surface area (Å²) < 4.78 is 7.97. The summed E-state index contributed by atoms with van der Waals surface area (Å²) in [5.41, 5.74) is 6.62. The highest BCUT2D eigenvalue weighted by atomic mass is 16.3. The van der Waals surface area contributed by atoms with Gasteiger partial charge in [-0.25, -0.2) is 4.98 Å². The molecule has 2 aromatic carbocycles. The summed E-state index contributed by atoms with van der Waals surface area (Å²) in [6.45, 7) is 8.00. The number of aromatic nitrogens is 2. The van der Waals surface area contributed by atoms with E-state index in [0.29, 0.717) is 19.6 Å². The van der Waals surface area contributed by atoms with Gasteiger partial charge in [-0.05, 0) is 43.2 Å². The standard InChI is InChI=1S/C23H27N3O2/c1-4-22-19(18-7-5-6-8-23(18)28-22)12-24-11-17(27)13-26-14-25-20-9-15(2)16(3)10-21(20)26/h5-10,14,17,24,27H,4,11-13H2,1-3H3/t17-/m1/s1. The highest BCUT2D eigenvalue weighted by Crippen LogP contribution is 2.26. The SMILES string of the molecule is CCc1oc2ccccc2c1CNC[C@@H](O)Cn1cnc2cc(C)c(C)cc21. The monoisotopic (exact) mass is 377 g/mol. The maximum Gasteiger partial charge on any atom is 0.134 e. The number of furan rings is 1. The van der Waals surface area contributed by atoms with Crippen molar-refractivity contribution in [1.29, 1.82) is 0 Å². The van der Waals surface area contributed by atoms with E-state index in [1.54, 1.807) is 0 Å². The van der Waals surface area contributed by atoms with Gasteiger partial charge in [0.15, 0.2) is 0 Å². The third-order valence-corrected chi connectivity index (χ3v) is 5.43. The molecule has 28 heavy (non-hydrogen) atoms. The molecule has 5 heteroatoms. The molecule has 4 aromatic rings. The molecule has 2 N–H and O–H groups in total. The number of hydrogen-bond acceptors (Lipinski definition) is 4. The van der Waals surface area contributed by atoms with Crippen molar-refractivity contribution in [2.75, 3.05) is 6.54 Å². The second-order valence-corrected chi connectivity index (χ2v) is 7.46. The van der Waals surface area contributed by atoms with E-state index in [0.717, 1.165) is 34.2 Å². The van der Waals surface area contributed by atoms with Gasteiger partial charge in [-0.3, -0.25) is 0 Å². The molecular formula is C23H27N3O2. The summed E-state index contributed by atoms with van der Waals surface area (Å²) in [7, 11) is 0. The minimum atomic E-state index is -0.498. The van der Waals surface area contributed by atoms with Crippen molar-refractivity contribution >= 4 is 22.0 Å². The van der Waals surface area contributed by atoms with Gasteiger partial charge in [-0.1, -0.05) is 25.1 Å². The average Bonchev–Trinajstić information content (AvgIpc) is 3.23. The number of aliphatic hydroxyl groups is 1. The van der Waals surface area contributed by atoms with Crippen molar-refractivity contribution in [3.8, 4) is 0 Å². The number of rotatable bonds is 7. The van der Waals surface area contributed by atoms with E-state index in [1.807, 2.05) is 29.1 Å². The molecule has 0 radical (unpaired) electrons. The van der Waals surface area contributed by atoms with Gasteiger partial charge < -0.3 is 19.4 Å². The maximum atomic E-state index is 10.5. The van der Waals surface area contributed by atoms with Crippen LogP contribution in [0.5, 0.6) is 0 Å². The van der Waals surface area contributed by atoms with Crippen LogP contribution in [-0.2, 0) is 19.5 Å². The molecule has 2 aromatic heterocycles. The lowest BCUT2D eigenvalue weighted by atomic mass is 10.1. The number of para-hydroxylation sites is 1. The van der Waals surface area contributed by atoms with Gasteiger partial charge in [0.25, 0.3) is 0 Å².